The fourth-order valence-electron chi connectivity index (χ4n) is 2.58. The van der Waals surface area contributed by atoms with Crippen molar-refractivity contribution in [2.24, 2.45) is 0 Å². The van der Waals surface area contributed by atoms with Crippen LogP contribution in [0.3, 0.4) is 0 Å². The summed E-state index contributed by atoms with van der Waals surface area (Å²) in [5.74, 6) is -2.07. The lowest BCUT2D eigenvalue weighted by molar-refractivity contribution is -0.137. The molecule has 0 aliphatic carbocycles. The van der Waals surface area contributed by atoms with Gasteiger partial charge in [0.15, 0.2) is 0 Å². The van der Waals surface area contributed by atoms with Crippen LogP contribution in [-0.2, 0) is 14.3 Å². The van der Waals surface area contributed by atoms with Crippen molar-refractivity contribution in [2.45, 2.75) is 25.7 Å². The zero-order chi connectivity index (χ0) is 18.9. The minimum atomic E-state index is -0.953. The molecule has 26 heavy (non-hydrogen) atoms. The molecule has 6 heteroatoms. The van der Waals surface area contributed by atoms with Crippen molar-refractivity contribution in [3.63, 3.8) is 0 Å². The number of carboxylic acid groups (broad SMARTS) is 1. The normalized spacial score (nSPS) is 11.4. The molecule has 2 aromatic rings. The van der Waals surface area contributed by atoms with Crippen LogP contribution >= 0.6 is 0 Å². The summed E-state index contributed by atoms with van der Waals surface area (Å²) in [6.07, 6.45) is -0.0742. The van der Waals surface area contributed by atoms with E-state index >= 15 is 0 Å². The first kappa shape index (κ1) is 19.2. The third-order valence-electron chi connectivity index (χ3n) is 3.80. The van der Waals surface area contributed by atoms with Crippen LogP contribution in [0, 0.1) is 0 Å². The van der Waals surface area contributed by atoms with Gasteiger partial charge >= 0.3 is 11.9 Å². The number of carbonyl (C=O) groups is 3. The number of aliphatic carboxylic acids is 1. The fraction of sp³-hybridized carbons (Fsp3) is 0.250. The van der Waals surface area contributed by atoms with E-state index in [9.17, 15) is 14.4 Å². The van der Waals surface area contributed by atoms with E-state index in [-0.39, 0.29) is 18.7 Å². The van der Waals surface area contributed by atoms with Gasteiger partial charge in [0.1, 0.15) is 0 Å². The molecular formula is C20H21NO5. The van der Waals surface area contributed by atoms with Crippen molar-refractivity contribution in [2.75, 3.05) is 11.9 Å². The predicted molar refractivity (Wildman–Crippen MR) is 97.1 cm³/mol. The molecule has 0 saturated heterocycles. The van der Waals surface area contributed by atoms with Crippen molar-refractivity contribution < 1.29 is 24.2 Å². The number of ether oxygens (including phenoxy) is 1. The molecule has 0 bridgehead atoms. The van der Waals surface area contributed by atoms with Gasteiger partial charge in [0, 0.05) is 18.0 Å². The molecule has 0 spiro atoms. The standard InChI is InChI=1S/C20H21NO5/c1-2-26-20(25)15-8-10-17(11-9-15)21-18(22)12-16(13-19(23)24)14-6-4-3-5-7-14/h3-11,16H,2,12-13H2,1H3,(H,21,22)(H,23,24)/t16-/m0/s1. The number of hydrogen-bond acceptors (Lipinski definition) is 4. The largest absolute Gasteiger partial charge is 0.481 e. The van der Waals surface area contributed by atoms with Gasteiger partial charge in [-0.1, -0.05) is 30.3 Å². The molecule has 0 aromatic heterocycles. The first-order valence-corrected chi connectivity index (χ1v) is 8.33. The van der Waals surface area contributed by atoms with Crippen LogP contribution in [0.1, 0.15) is 41.6 Å². The highest BCUT2D eigenvalue weighted by molar-refractivity contribution is 5.93. The molecule has 0 saturated carbocycles. The molecule has 2 aromatic carbocycles. The predicted octanol–water partition coefficient (Wildman–Crippen LogP) is 3.45. The van der Waals surface area contributed by atoms with Crippen LogP contribution in [0.5, 0.6) is 0 Å². The lowest BCUT2D eigenvalue weighted by Crippen LogP contribution is -2.17. The van der Waals surface area contributed by atoms with Gasteiger partial charge in [-0.2, -0.15) is 0 Å². The minimum Gasteiger partial charge on any atom is -0.481 e. The summed E-state index contributed by atoms with van der Waals surface area (Å²) in [6.45, 7) is 2.02. The molecule has 1 amide bonds. The molecule has 0 fully saturated rings. The Labute approximate surface area is 151 Å². The van der Waals surface area contributed by atoms with E-state index in [0.29, 0.717) is 17.9 Å². The van der Waals surface area contributed by atoms with E-state index in [1.807, 2.05) is 30.3 Å². The number of hydrogen-bond donors (Lipinski definition) is 2. The minimum absolute atomic E-state index is 0.0515. The Morgan fingerprint density at radius 2 is 1.65 bits per heavy atom. The molecule has 0 aliphatic heterocycles. The van der Waals surface area contributed by atoms with Crippen molar-refractivity contribution >= 4 is 23.5 Å². The van der Waals surface area contributed by atoms with Gasteiger partial charge in [0.05, 0.1) is 18.6 Å². The van der Waals surface area contributed by atoms with Crippen molar-refractivity contribution in [3.05, 3.63) is 65.7 Å². The summed E-state index contributed by atoms with van der Waals surface area (Å²) < 4.78 is 4.91. The molecule has 2 rings (SSSR count). The second kappa shape index (κ2) is 9.36. The quantitative estimate of drug-likeness (QED) is 0.708. The SMILES string of the molecule is CCOC(=O)c1ccc(NC(=O)C[C@@H](CC(=O)O)c2ccccc2)cc1. The maximum atomic E-state index is 12.3. The number of esters is 1. The van der Waals surface area contributed by atoms with E-state index in [1.54, 1.807) is 31.2 Å². The molecule has 2 N–H and O–H groups in total. The molecule has 0 radical (unpaired) electrons. The van der Waals surface area contributed by atoms with E-state index in [1.165, 1.54) is 0 Å². The van der Waals surface area contributed by atoms with E-state index in [2.05, 4.69) is 5.32 Å². The summed E-state index contributed by atoms with van der Waals surface area (Å²) >= 11 is 0. The number of rotatable bonds is 8. The Morgan fingerprint density at radius 1 is 1.00 bits per heavy atom. The Bertz CT molecular complexity index is 756. The van der Waals surface area contributed by atoms with Gasteiger partial charge in [-0.15, -0.1) is 0 Å². The highest BCUT2D eigenvalue weighted by Crippen LogP contribution is 2.24. The number of amides is 1. The average molecular weight is 355 g/mol. The van der Waals surface area contributed by atoms with E-state index in [4.69, 9.17) is 9.84 Å². The van der Waals surface area contributed by atoms with E-state index < -0.39 is 17.9 Å². The average Bonchev–Trinajstić information content (AvgIpc) is 2.62. The molecule has 0 heterocycles. The first-order valence-electron chi connectivity index (χ1n) is 8.33. The second-order valence-electron chi connectivity index (χ2n) is 5.76. The van der Waals surface area contributed by atoms with Crippen molar-refractivity contribution in [1.29, 1.82) is 0 Å². The van der Waals surface area contributed by atoms with Gasteiger partial charge in [-0.05, 0) is 36.8 Å². The van der Waals surface area contributed by atoms with Crippen LogP contribution in [-0.4, -0.2) is 29.6 Å². The van der Waals surface area contributed by atoms with Gasteiger partial charge < -0.3 is 15.2 Å². The highest BCUT2D eigenvalue weighted by atomic mass is 16.5. The molecular weight excluding hydrogens is 334 g/mol. The Hall–Kier alpha value is -3.15. The summed E-state index contributed by atoms with van der Waals surface area (Å²) in [6, 6.07) is 15.5. The van der Waals surface area contributed by atoms with Gasteiger partial charge in [0.2, 0.25) is 5.91 Å². The monoisotopic (exact) mass is 355 g/mol. The first-order chi connectivity index (χ1) is 12.5. The van der Waals surface area contributed by atoms with Gasteiger partial charge in [-0.3, -0.25) is 9.59 Å². The van der Waals surface area contributed by atoms with Crippen LogP contribution in [0.15, 0.2) is 54.6 Å². The summed E-state index contributed by atoms with van der Waals surface area (Å²) in [5, 5.41) is 11.8. The molecule has 0 unspecified atom stereocenters. The van der Waals surface area contributed by atoms with E-state index in [0.717, 1.165) is 5.56 Å². The Morgan fingerprint density at radius 3 is 2.23 bits per heavy atom. The smallest absolute Gasteiger partial charge is 0.338 e. The number of benzene rings is 2. The molecule has 136 valence electrons. The third-order valence-corrected chi connectivity index (χ3v) is 3.80. The summed E-state index contributed by atoms with van der Waals surface area (Å²) in [7, 11) is 0. The van der Waals surface area contributed by atoms with Gasteiger partial charge in [-0.25, -0.2) is 4.79 Å². The van der Waals surface area contributed by atoms with Crippen LogP contribution in [0.25, 0.3) is 0 Å². The summed E-state index contributed by atoms with van der Waals surface area (Å²) in [5.41, 5.74) is 1.74. The fourth-order valence-corrected chi connectivity index (χ4v) is 2.58. The summed E-state index contributed by atoms with van der Waals surface area (Å²) in [4.78, 5) is 35.0. The van der Waals surface area contributed by atoms with Crippen LogP contribution < -0.4 is 5.32 Å². The van der Waals surface area contributed by atoms with Crippen LogP contribution in [0.2, 0.25) is 0 Å². The number of anilines is 1. The zero-order valence-electron chi connectivity index (χ0n) is 14.5. The maximum absolute atomic E-state index is 12.3. The maximum Gasteiger partial charge on any atom is 0.338 e. The topological polar surface area (TPSA) is 92.7 Å². The third kappa shape index (κ3) is 5.73. The highest BCUT2D eigenvalue weighted by Gasteiger charge is 2.19. The second-order valence-corrected chi connectivity index (χ2v) is 5.76. The number of carboxylic acids is 1. The molecule has 6 nitrogen and oxygen atoms in total. The lowest BCUT2D eigenvalue weighted by atomic mass is 9.92. The Kier molecular flexibility index (Phi) is 6.91. The zero-order valence-corrected chi connectivity index (χ0v) is 14.5. The molecule has 0 aliphatic rings. The van der Waals surface area contributed by atoms with Gasteiger partial charge in [0.25, 0.3) is 0 Å². The number of carbonyl (C=O) groups excluding carboxylic acids is 2. The Balaban J connectivity index is 2.01. The lowest BCUT2D eigenvalue weighted by Gasteiger charge is -2.15. The van der Waals surface area contributed by atoms with Crippen LogP contribution in [0.4, 0.5) is 5.69 Å². The van der Waals surface area contributed by atoms with Crippen molar-refractivity contribution in [1.82, 2.24) is 0 Å². The number of nitrogens with one attached hydrogen (secondary N) is 1. The van der Waals surface area contributed by atoms with Crippen molar-refractivity contribution in [3.8, 4) is 0 Å². The molecule has 1 atom stereocenters.